The first-order valence-corrected chi connectivity index (χ1v) is 4.91. The molecule has 1 aromatic rings. The highest BCUT2D eigenvalue weighted by molar-refractivity contribution is 6.30. The summed E-state index contributed by atoms with van der Waals surface area (Å²) < 4.78 is 48.5. The van der Waals surface area contributed by atoms with E-state index in [2.05, 4.69) is 5.32 Å². The van der Waals surface area contributed by atoms with Crippen LogP contribution in [0.1, 0.15) is 5.56 Å². The van der Waals surface area contributed by atoms with Crippen LogP contribution in [0.4, 0.5) is 17.6 Å². The van der Waals surface area contributed by atoms with Crippen molar-refractivity contribution in [2.75, 3.05) is 6.54 Å². The van der Waals surface area contributed by atoms with Gasteiger partial charge in [0.15, 0.2) is 0 Å². The van der Waals surface area contributed by atoms with Crippen molar-refractivity contribution in [2.24, 2.45) is 0 Å². The molecule has 0 fully saturated rings. The first kappa shape index (κ1) is 13.3. The topological polar surface area (TPSA) is 12.0 Å². The maximum Gasteiger partial charge on any atom is 0.319 e. The standard InChI is InChI=1S/C10H10ClF4N/c11-8-3-1-7(2-4-8)5-16-6-10(14,15)9(12)13/h1-4,9,16H,5-6H2. The molecular formula is C10H10ClF4N. The summed E-state index contributed by atoms with van der Waals surface area (Å²) >= 11 is 5.62. The Balaban J connectivity index is 2.39. The van der Waals surface area contributed by atoms with Gasteiger partial charge in [-0.05, 0) is 17.7 Å². The molecule has 1 rings (SSSR count). The van der Waals surface area contributed by atoms with Crippen molar-refractivity contribution in [3.63, 3.8) is 0 Å². The summed E-state index contributed by atoms with van der Waals surface area (Å²) in [5, 5.41) is 2.80. The van der Waals surface area contributed by atoms with Gasteiger partial charge in [0, 0.05) is 11.6 Å². The lowest BCUT2D eigenvalue weighted by Gasteiger charge is -2.15. The van der Waals surface area contributed by atoms with Crippen LogP contribution >= 0.6 is 11.6 Å². The molecule has 0 aromatic heterocycles. The number of hydrogen-bond acceptors (Lipinski definition) is 1. The smallest absolute Gasteiger partial charge is 0.307 e. The van der Waals surface area contributed by atoms with Crippen LogP contribution in [-0.4, -0.2) is 18.9 Å². The number of rotatable bonds is 5. The highest BCUT2D eigenvalue weighted by Gasteiger charge is 2.39. The molecule has 0 heterocycles. The fourth-order valence-corrected chi connectivity index (χ4v) is 1.18. The lowest BCUT2D eigenvalue weighted by atomic mass is 10.2. The van der Waals surface area contributed by atoms with Crippen molar-refractivity contribution in [3.05, 3.63) is 34.9 Å². The quantitative estimate of drug-likeness (QED) is 0.796. The van der Waals surface area contributed by atoms with Crippen molar-refractivity contribution >= 4 is 11.6 Å². The summed E-state index contributed by atoms with van der Waals surface area (Å²) in [6.07, 6.45) is -3.65. The SMILES string of the molecule is FC(F)C(F)(F)CNCc1ccc(Cl)cc1. The van der Waals surface area contributed by atoms with Crippen LogP contribution in [0.25, 0.3) is 0 Å². The summed E-state index contributed by atoms with van der Waals surface area (Å²) in [6.45, 7) is -0.952. The predicted molar refractivity (Wildman–Crippen MR) is 54.1 cm³/mol. The van der Waals surface area contributed by atoms with Crippen molar-refractivity contribution in [1.29, 1.82) is 0 Å². The van der Waals surface area contributed by atoms with Gasteiger partial charge in [-0.3, -0.25) is 0 Å². The first-order chi connectivity index (χ1) is 7.42. The Bertz CT molecular complexity index is 326. The Morgan fingerprint density at radius 1 is 1.19 bits per heavy atom. The fourth-order valence-electron chi connectivity index (χ4n) is 1.05. The van der Waals surface area contributed by atoms with E-state index in [-0.39, 0.29) is 6.54 Å². The zero-order valence-corrected chi connectivity index (χ0v) is 8.95. The minimum absolute atomic E-state index is 0.0967. The predicted octanol–water partition coefficient (Wildman–Crippen LogP) is 3.33. The van der Waals surface area contributed by atoms with Crippen LogP contribution in [0.3, 0.4) is 0 Å². The van der Waals surface area contributed by atoms with E-state index in [9.17, 15) is 17.6 Å². The van der Waals surface area contributed by atoms with Crippen LogP contribution in [-0.2, 0) is 6.54 Å². The number of benzene rings is 1. The third-order valence-electron chi connectivity index (χ3n) is 1.92. The van der Waals surface area contributed by atoms with E-state index in [1.807, 2.05) is 0 Å². The molecule has 0 unspecified atom stereocenters. The summed E-state index contributed by atoms with van der Waals surface area (Å²) in [6, 6.07) is 6.47. The Kier molecular flexibility index (Phi) is 4.56. The molecular weight excluding hydrogens is 246 g/mol. The largest absolute Gasteiger partial charge is 0.319 e. The van der Waals surface area contributed by atoms with E-state index in [0.717, 1.165) is 0 Å². The van der Waals surface area contributed by atoms with Gasteiger partial charge in [0.05, 0.1) is 6.54 Å². The van der Waals surface area contributed by atoms with E-state index in [1.54, 1.807) is 24.3 Å². The second kappa shape index (κ2) is 5.50. The molecule has 0 aliphatic rings. The van der Waals surface area contributed by atoms with Crippen LogP contribution in [0, 0.1) is 0 Å². The molecule has 0 amide bonds. The highest BCUT2D eigenvalue weighted by Crippen LogP contribution is 2.21. The fraction of sp³-hybridized carbons (Fsp3) is 0.400. The van der Waals surface area contributed by atoms with E-state index in [0.29, 0.717) is 10.6 Å². The third kappa shape index (κ3) is 3.98. The van der Waals surface area contributed by atoms with Crippen LogP contribution in [0.5, 0.6) is 0 Å². The summed E-state index contributed by atoms with van der Waals surface area (Å²) in [7, 11) is 0. The van der Waals surface area contributed by atoms with Gasteiger partial charge in [-0.1, -0.05) is 23.7 Å². The molecule has 1 aromatic carbocycles. The molecule has 1 nitrogen and oxygen atoms in total. The minimum atomic E-state index is -3.99. The molecule has 0 spiro atoms. The maximum atomic E-state index is 12.5. The summed E-state index contributed by atoms with van der Waals surface area (Å²) in [5.41, 5.74) is 0.703. The van der Waals surface area contributed by atoms with Crippen molar-refractivity contribution in [2.45, 2.75) is 18.9 Å². The van der Waals surface area contributed by atoms with Gasteiger partial charge < -0.3 is 5.32 Å². The third-order valence-corrected chi connectivity index (χ3v) is 2.17. The average molecular weight is 256 g/mol. The molecule has 0 aliphatic heterocycles. The molecule has 90 valence electrons. The molecule has 0 saturated carbocycles. The number of hydrogen-bond donors (Lipinski definition) is 1. The number of halogens is 5. The molecule has 16 heavy (non-hydrogen) atoms. The van der Waals surface area contributed by atoms with Crippen LogP contribution in [0.2, 0.25) is 5.02 Å². The Labute approximate surface area is 95.4 Å². The van der Waals surface area contributed by atoms with E-state index in [1.165, 1.54) is 0 Å². The molecule has 1 N–H and O–H groups in total. The molecule has 0 aliphatic carbocycles. The second-order valence-electron chi connectivity index (χ2n) is 3.29. The van der Waals surface area contributed by atoms with E-state index >= 15 is 0 Å². The average Bonchev–Trinajstić information content (AvgIpc) is 2.20. The van der Waals surface area contributed by atoms with Crippen molar-refractivity contribution in [3.8, 4) is 0 Å². The summed E-state index contributed by atoms with van der Waals surface area (Å²) in [4.78, 5) is 0. The molecule has 0 radical (unpaired) electrons. The number of alkyl halides is 4. The van der Waals surface area contributed by atoms with Gasteiger partial charge >= 0.3 is 12.3 Å². The molecule has 0 bridgehead atoms. The van der Waals surface area contributed by atoms with E-state index in [4.69, 9.17) is 11.6 Å². The summed E-state index contributed by atoms with van der Waals surface area (Å²) in [5.74, 6) is -3.99. The van der Waals surface area contributed by atoms with Gasteiger partial charge in [0.2, 0.25) is 0 Å². The second-order valence-corrected chi connectivity index (χ2v) is 3.73. The Morgan fingerprint density at radius 2 is 1.75 bits per heavy atom. The molecule has 0 atom stereocenters. The monoisotopic (exact) mass is 255 g/mol. The van der Waals surface area contributed by atoms with Gasteiger partial charge in [0.25, 0.3) is 0 Å². The van der Waals surface area contributed by atoms with Crippen molar-refractivity contribution < 1.29 is 17.6 Å². The van der Waals surface area contributed by atoms with Crippen LogP contribution < -0.4 is 5.32 Å². The zero-order chi connectivity index (χ0) is 12.2. The number of nitrogens with one attached hydrogen (secondary N) is 1. The normalized spacial score (nSPS) is 12.1. The lowest BCUT2D eigenvalue weighted by Crippen LogP contribution is -2.38. The molecule has 0 saturated heterocycles. The van der Waals surface area contributed by atoms with E-state index < -0.39 is 18.9 Å². The van der Waals surface area contributed by atoms with Crippen LogP contribution in [0.15, 0.2) is 24.3 Å². The van der Waals surface area contributed by atoms with Gasteiger partial charge in [-0.2, -0.15) is 8.78 Å². The maximum absolute atomic E-state index is 12.5. The lowest BCUT2D eigenvalue weighted by molar-refractivity contribution is -0.125. The van der Waals surface area contributed by atoms with Crippen molar-refractivity contribution in [1.82, 2.24) is 5.32 Å². The van der Waals surface area contributed by atoms with Gasteiger partial charge in [0.1, 0.15) is 0 Å². The first-order valence-electron chi connectivity index (χ1n) is 4.53. The Morgan fingerprint density at radius 3 is 2.25 bits per heavy atom. The molecule has 6 heteroatoms. The zero-order valence-electron chi connectivity index (χ0n) is 8.19. The van der Waals surface area contributed by atoms with Gasteiger partial charge in [-0.15, -0.1) is 0 Å². The Hall–Kier alpha value is -0.810. The minimum Gasteiger partial charge on any atom is -0.307 e. The highest BCUT2D eigenvalue weighted by atomic mass is 35.5. The van der Waals surface area contributed by atoms with Gasteiger partial charge in [-0.25, -0.2) is 8.78 Å².